The summed E-state index contributed by atoms with van der Waals surface area (Å²) in [6.07, 6.45) is -9.00. The van der Waals surface area contributed by atoms with Crippen LogP contribution in [0.5, 0.6) is 0 Å². The molecule has 0 aromatic carbocycles. The molecule has 2 heterocycles. The highest BCUT2D eigenvalue weighted by Gasteiger charge is 2.39. The summed E-state index contributed by atoms with van der Waals surface area (Å²) in [5.41, 5.74) is 2.39. The van der Waals surface area contributed by atoms with Gasteiger partial charge in [0.15, 0.2) is 24.6 Å². The van der Waals surface area contributed by atoms with Crippen LogP contribution in [0.15, 0.2) is 12.7 Å². The molecule has 18 heteroatoms. The summed E-state index contributed by atoms with van der Waals surface area (Å²) in [6, 6.07) is 0. The highest BCUT2D eigenvalue weighted by molar-refractivity contribution is 7.53. The van der Waals surface area contributed by atoms with E-state index in [-0.39, 0.29) is 30.0 Å². The van der Waals surface area contributed by atoms with Gasteiger partial charge < -0.3 is 9.30 Å². The predicted molar refractivity (Wildman–Crippen MR) is 106 cm³/mol. The van der Waals surface area contributed by atoms with E-state index < -0.39 is 51.5 Å². The van der Waals surface area contributed by atoms with Crippen molar-refractivity contribution in [3.63, 3.8) is 0 Å². The van der Waals surface area contributed by atoms with Crippen LogP contribution in [0, 0.1) is 0 Å². The molecule has 35 heavy (non-hydrogen) atoms. The van der Waals surface area contributed by atoms with Crippen molar-refractivity contribution in [1.82, 2.24) is 25.0 Å². The first-order chi connectivity index (χ1) is 16.2. The van der Waals surface area contributed by atoms with Gasteiger partial charge in [0, 0.05) is 0 Å². The van der Waals surface area contributed by atoms with Gasteiger partial charge in [0.25, 0.3) is 5.91 Å². The summed E-state index contributed by atoms with van der Waals surface area (Å²) in [7, 11) is -4.92. The normalized spacial score (nSPS) is 13.8. The van der Waals surface area contributed by atoms with E-state index in [2.05, 4.69) is 29.5 Å². The Hall–Kier alpha value is -2.33. The van der Waals surface area contributed by atoms with E-state index in [1.54, 1.807) is 0 Å². The van der Waals surface area contributed by atoms with Crippen molar-refractivity contribution in [3.8, 4) is 0 Å². The lowest BCUT2D eigenvalue weighted by molar-refractivity contribution is -0.166. The number of fused-ring (bicyclic) bond motifs is 1. The quantitative estimate of drug-likeness (QED) is 0.176. The molecule has 2 aromatic rings. The maximum atomic E-state index is 12.4. The number of amides is 1. The van der Waals surface area contributed by atoms with Crippen molar-refractivity contribution >= 4 is 24.7 Å². The van der Waals surface area contributed by atoms with Gasteiger partial charge in [0.1, 0.15) is 18.2 Å². The highest BCUT2D eigenvalue weighted by Crippen LogP contribution is 2.50. The first-order valence-electron chi connectivity index (χ1n) is 9.94. The number of hydrogen-bond acceptors (Lipinski definition) is 9. The fourth-order valence-corrected chi connectivity index (χ4v) is 3.80. The molecule has 0 aliphatic carbocycles. The van der Waals surface area contributed by atoms with Gasteiger partial charge in [-0.25, -0.2) is 20.4 Å². The van der Waals surface area contributed by atoms with Crippen LogP contribution >= 0.6 is 7.60 Å². The second-order valence-corrected chi connectivity index (χ2v) is 9.06. The number of aromatic nitrogens is 4. The molecule has 1 N–H and O–H groups in total. The summed E-state index contributed by atoms with van der Waals surface area (Å²) >= 11 is 0. The number of hydroxylamine groups is 1. The van der Waals surface area contributed by atoms with Gasteiger partial charge in [0.05, 0.1) is 25.6 Å². The van der Waals surface area contributed by atoms with Crippen LogP contribution in [0.25, 0.3) is 11.2 Å². The highest BCUT2D eigenvalue weighted by atomic mass is 31.2. The van der Waals surface area contributed by atoms with Crippen LogP contribution < -0.4 is 5.48 Å². The summed E-state index contributed by atoms with van der Waals surface area (Å²) < 4.78 is 102. The zero-order chi connectivity index (χ0) is 26.3. The van der Waals surface area contributed by atoms with Crippen molar-refractivity contribution < 1.29 is 54.3 Å². The predicted octanol–water partition coefficient (Wildman–Crippen LogP) is 3.61. The van der Waals surface area contributed by atoms with Crippen molar-refractivity contribution in [2.75, 3.05) is 26.2 Å². The number of nitrogens with zero attached hydrogens (tertiary/aromatic N) is 4. The van der Waals surface area contributed by atoms with Crippen molar-refractivity contribution in [2.24, 2.45) is 0 Å². The largest absolute Gasteiger partial charge is 0.412 e. The summed E-state index contributed by atoms with van der Waals surface area (Å²) in [6.45, 7) is -0.752. The lowest BCUT2D eigenvalue weighted by Crippen LogP contribution is -2.25. The van der Waals surface area contributed by atoms with Crippen LogP contribution in [0.4, 0.5) is 26.3 Å². The second kappa shape index (κ2) is 12.1. The monoisotopic (exact) mass is 537 g/mol. The summed E-state index contributed by atoms with van der Waals surface area (Å²) in [4.78, 5) is 29.1. The summed E-state index contributed by atoms with van der Waals surface area (Å²) in [5.74, 6) is -0.676. The third-order valence-corrected chi connectivity index (χ3v) is 5.42. The molecule has 0 radical (unpaired) electrons. The molecule has 2 aromatic heterocycles. The van der Waals surface area contributed by atoms with Crippen molar-refractivity contribution in [3.05, 3.63) is 18.3 Å². The smallest absolute Gasteiger partial charge is 0.364 e. The van der Waals surface area contributed by atoms with Gasteiger partial charge in [-0.1, -0.05) is 6.92 Å². The minimum Gasteiger partial charge on any atom is -0.364 e. The molecule has 0 aliphatic heterocycles. The van der Waals surface area contributed by atoms with Gasteiger partial charge in [-0.3, -0.25) is 23.2 Å². The standard InChI is InChI=1S/C17H22F6N5O6P/c1-3-4-32-27-15(29)13-12-14(25-8-24-13)28(9-26-12)5-11(2)31-10-35(30,33-6-16(18,19)20)34-7-17(21,22)23/h8-9,11H,3-7,10H2,1-2H3,(H,27,29)/t11-/m1/s1. The molecule has 0 saturated carbocycles. The molecule has 0 unspecified atom stereocenters. The minimum absolute atomic E-state index is 0.0839. The topological polar surface area (TPSA) is 127 Å². The Balaban J connectivity index is 2.07. The van der Waals surface area contributed by atoms with Crippen LogP contribution in [-0.2, 0) is 29.7 Å². The number of hydrogen-bond donors (Lipinski definition) is 1. The van der Waals surface area contributed by atoms with Gasteiger partial charge in [-0.05, 0) is 13.3 Å². The molecule has 1 amide bonds. The molecule has 2 rings (SSSR count). The molecule has 0 bridgehead atoms. The number of rotatable bonds is 13. The lowest BCUT2D eigenvalue weighted by atomic mass is 10.3. The Bertz CT molecular complexity index is 1010. The number of halogens is 6. The second-order valence-electron chi connectivity index (χ2n) is 7.07. The number of alkyl halides is 6. The fraction of sp³-hybridized carbons (Fsp3) is 0.647. The molecule has 0 saturated heterocycles. The third-order valence-electron chi connectivity index (χ3n) is 3.91. The zero-order valence-corrected chi connectivity index (χ0v) is 19.3. The molecule has 11 nitrogen and oxygen atoms in total. The van der Waals surface area contributed by atoms with Gasteiger partial charge in [-0.15, -0.1) is 0 Å². The first-order valence-corrected chi connectivity index (χ1v) is 11.7. The average Bonchev–Trinajstić information content (AvgIpc) is 3.17. The van der Waals surface area contributed by atoms with E-state index in [1.165, 1.54) is 17.8 Å². The third kappa shape index (κ3) is 9.68. The minimum atomic E-state index is -4.95. The van der Waals surface area contributed by atoms with Crippen LogP contribution in [0.1, 0.15) is 30.8 Å². The summed E-state index contributed by atoms with van der Waals surface area (Å²) in [5, 5.41) is 0. The van der Waals surface area contributed by atoms with E-state index in [4.69, 9.17) is 9.57 Å². The number of ether oxygens (including phenoxy) is 1. The van der Waals surface area contributed by atoms with E-state index in [9.17, 15) is 35.7 Å². The Labute approximate surface area is 194 Å². The lowest BCUT2D eigenvalue weighted by Gasteiger charge is -2.22. The Morgan fingerprint density at radius 2 is 1.74 bits per heavy atom. The fourth-order valence-electron chi connectivity index (χ4n) is 2.45. The van der Waals surface area contributed by atoms with Gasteiger partial charge >= 0.3 is 19.9 Å². The van der Waals surface area contributed by atoms with Crippen LogP contribution in [0.3, 0.4) is 0 Å². The molecule has 198 valence electrons. The van der Waals surface area contributed by atoms with Crippen molar-refractivity contribution in [2.45, 2.75) is 45.3 Å². The van der Waals surface area contributed by atoms with E-state index >= 15 is 0 Å². The van der Waals surface area contributed by atoms with E-state index in [0.29, 0.717) is 6.42 Å². The van der Waals surface area contributed by atoms with Gasteiger partial charge in [0.2, 0.25) is 0 Å². The molecular weight excluding hydrogens is 515 g/mol. The van der Waals surface area contributed by atoms with E-state index in [1.807, 2.05) is 6.92 Å². The Kier molecular flexibility index (Phi) is 9.97. The number of nitrogens with one attached hydrogen (secondary N) is 1. The molecule has 0 spiro atoms. The number of imidazole rings is 1. The molecular formula is C17H22F6N5O6P. The Morgan fingerprint density at radius 1 is 1.11 bits per heavy atom. The van der Waals surface area contributed by atoms with Crippen LogP contribution in [-0.4, -0.2) is 70.1 Å². The van der Waals surface area contributed by atoms with Crippen molar-refractivity contribution in [1.29, 1.82) is 0 Å². The maximum Gasteiger partial charge on any atom is 0.412 e. The first kappa shape index (κ1) is 28.9. The number of carbonyl (C=O) groups excluding carboxylic acids is 1. The maximum absolute atomic E-state index is 12.4. The van der Waals surface area contributed by atoms with Gasteiger partial charge in [-0.2, -0.15) is 26.3 Å². The average molecular weight is 537 g/mol. The Morgan fingerprint density at radius 3 is 2.31 bits per heavy atom. The molecule has 0 aliphatic rings. The number of carbonyl (C=O) groups is 1. The van der Waals surface area contributed by atoms with Crippen LogP contribution in [0.2, 0.25) is 0 Å². The zero-order valence-electron chi connectivity index (χ0n) is 18.4. The molecule has 0 fully saturated rings. The van der Waals surface area contributed by atoms with E-state index in [0.717, 1.165) is 6.33 Å². The SMILES string of the molecule is CCCONC(=O)c1ncnc2c1ncn2C[C@@H](C)OCP(=O)(OCC(F)(F)F)OCC(F)(F)F. The molecule has 1 atom stereocenters.